The van der Waals surface area contributed by atoms with E-state index in [2.05, 4.69) is 0 Å². The highest BCUT2D eigenvalue weighted by Crippen LogP contribution is 2.72. The molecule has 0 aliphatic heterocycles. The molecule has 0 spiro atoms. The van der Waals surface area contributed by atoms with E-state index in [0.29, 0.717) is 0 Å². The number of aliphatic hydroxyl groups is 2. The Morgan fingerprint density at radius 1 is 0.667 bits per heavy atom. The molecule has 0 bridgehead atoms. The Labute approximate surface area is 72.6 Å². The van der Waals surface area contributed by atoms with Crippen LogP contribution >= 0.6 is 0 Å². The van der Waals surface area contributed by atoms with Crippen molar-refractivity contribution in [2.75, 3.05) is 0 Å². The van der Waals surface area contributed by atoms with E-state index in [4.69, 9.17) is 0 Å². The van der Waals surface area contributed by atoms with Gasteiger partial charge in [-0.3, -0.25) is 0 Å². The molecule has 0 radical (unpaired) electrons. The summed E-state index contributed by atoms with van der Waals surface area (Å²) >= 11 is 0. The largest absolute Gasteiger partial charge is 0.389 e. The third-order valence-corrected chi connectivity index (χ3v) is 4.44. The fourth-order valence-corrected chi connectivity index (χ4v) is 3.08. The van der Waals surface area contributed by atoms with Gasteiger partial charge in [0.05, 0.1) is 11.2 Å². The van der Waals surface area contributed by atoms with Crippen LogP contribution in [-0.2, 0) is 0 Å². The van der Waals surface area contributed by atoms with Gasteiger partial charge in [0.1, 0.15) is 0 Å². The quantitative estimate of drug-likeness (QED) is 0.650. The van der Waals surface area contributed by atoms with Crippen molar-refractivity contribution in [1.82, 2.24) is 0 Å². The van der Waals surface area contributed by atoms with E-state index in [1.165, 1.54) is 0 Å². The van der Waals surface area contributed by atoms with Gasteiger partial charge in [0.15, 0.2) is 0 Å². The van der Waals surface area contributed by atoms with Gasteiger partial charge in [-0.05, 0) is 44.9 Å². The molecule has 2 N–H and O–H groups in total. The molecule has 3 fully saturated rings. The Hall–Kier alpha value is -0.0800. The lowest BCUT2D eigenvalue weighted by Gasteiger charge is -2.46. The van der Waals surface area contributed by atoms with Crippen LogP contribution in [0, 0.1) is 5.41 Å². The van der Waals surface area contributed by atoms with Gasteiger partial charge in [-0.15, -0.1) is 0 Å². The third kappa shape index (κ3) is 0.612. The summed E-state index contributed by atoms with van der Waals surface area (Å²) in [5.74, 6) is 0. The minimum absolute atomic E-state index is 0.0573. The van der Waals surface area contributed by atoms with Crippen LogP contribution in [0.5, 0.6) is 0 Å². The molecule has 3 saturated carbocycles. The molecule has 0 aromatic heterocycles. The Morgan fingerprint density at radius 3 is 1.42 bits per heavy atom. The Balaban J connectivity index is 1.90. The number of rotatable bonds is 2. The zero-order valence-electron chi connectivity index (χ0n) is 7.34. The molecule has 3 rings (SSSR count). The molecular formula is C10H16O2. The van der Waals surface area contributed by atoms with E-state index in [1.54, 1.807) is 0 Å². The summed E-state index contributed by atoms with van der Waals surface area (Å²) in [6, 6.07) is 0. The van der Waals surface area contributed by atoms with Gasteiger partial charge in [-0.25, -0.2) is 0 Å². The van der Waals surface area contributed by atoms with E-state index in [-0.39, 0.29) is 5.41 Å². The lowest BCUT2D eigenvalue weighted by molar-refractivity contribution is -0.145. The smallest absolute Gasteiger partial charge is 0.0733 e. The second kappa shape index (κ2) is 1.73. The van der Waals surface area contributed by atoms with Crippen LogP contribution in [0.1, 0.15) is 44.9 Å². The van der Waals surface area contributed by atoms with Crippen LogP contribution in [-0.4, -0.2) is 21.4 Å². The van der Waals surface area contributed by atoms with Gasteiger partial charge >= 0.3 is 0 Å². The van der Waals surface area contributed by atoms with Crippen molar-refractivity contribution in [2.24, 2.45) is 5.41 Å². The van der Waals surface area contributed by atoms with Crippen LogP contribution in [0.15, 0.2) is 0 Å². The minimum atomic E-state index is -0.474. The summed E-state index contributed by atoms with van der Waals surface area (Å²) < 4.78 is 0. The highest BCUT2D eigenvalue weighted by atomic mass is 16.3. The molecule has 0 atom stereocenters. The van der Waals surface area contributed by atoms with Crippen LogP contribution in [0.2, 0.25) is 0 Å². The molecule has 3 aliphatic rings. The van der Waals surface area contributed by atoms with Crippen LogP contribution in [0.3, 0.4) is 0 Å². The summed E-state index contributed by atoms with van der Waals surface area (Å²) in [7, 11) is 0. The Kier molecular flexibility index (Phi) is 1.06. The molecule has 3 aliphatic carbocycles. The zero-order chi connectivity index (χ0) is 8.45. The van der Waals surface area contributed by atoms with Crippen molar-refractivity contribution in [3.63, 3.8) is 0 Å². The van der Waals surface area contributed by atoms with E-state index in [0.717, 1.165) is 44.9 Å². The maximum absolute atomic E-state index is 10.2. The highest BCUT2D eigenvalue weighted by molar-refractivity contribution is 5.25. The van der Waals surface area contributed by atoms with E-state index in [9.17, 15) is 10.2 Å². The molecule has 0 amide bonds. The van der Waals surface area contributed by atoms with Gasteiger partial charge in [-0.1, -0.05) is 0 Å². The predicted octanol–water partition coefficient (Wildman–Crippen LogP) is 1.21. The van der Waals surface area contributed by atoms with Gasteiger partial charge in [-0.2, -0.15) is 0 Å². The van der Waals surface area contributed by atoms with Crippen molar-refractivity contribution in [2.45, 2.75) is 56.1 Å². The minimum Gasteiger partial charge on any atom is -0.389 e. The van der Waals surface area contributed by atoms with E-state index < -0.39 is 11.2 Å². The van der Waals surface area contributed by atoms with Crippen LogP contribution in [0.25, 0.3) is 0 Å². The third-order valence-electron chi connectivity index (χ3n) is 4.44. The second-order valence-electron chi connectivity index (χ2n) is 5.00. The fraction of sp³-hybridized carbons (Fsp3) is 1.00. The first-order valence-electron chi connectivity index (χ1n) is 5.07. The first kappa shape index (κ1) is 7.34. The van der Waals surface area contributed by atoms with E-state index in [1.807, 2.05) is 0 Å². The van der Waals surface area contributed by atoms with Crippen molar-refractivity contribution in [1.29, 1.82) is 0 Å². The van der Waals surface area contributed by atoms with Gasteiger partial charge < -0.3 is 10.2 Å². The van der Waals surface area contributed by atoms with Gasteiger partial charge in [0, 0.05) is 5.41 Å². The topological polar surface area (TPSA) is 40.5 Å². The Bertz CT molecular complexity index is 222. The molecule has 2 nitrogen and oxygen atoms in total. The summed E-state index contributed by atoms with van der Waals surface area (Å²) in [5, 5.41) is 20.3. The zero-order valence-corrected chi connectivity index (χ0v) is 7.34. The maximum atomic E-state index is 10.2. The average Bonchev–Trinajstić information content (AvgIpc) is 2.76. The second-order valence-corrected chi connectivity index (χ2v) is 5.00. The standard InChI is InChI=1S/C10H16O2/c11-9(2-1-3-9)8(4-5-8)10(12)6-7-10/h11-12H,1-7H2. The molecule has 12 heavy (non-hydrogen) atoms. The molecule has 0 aromatic carbocycles. The molecule has 0 aromatic rings. The predicted molar refractivity (Wildman–Crippen MR) is 44.7 cm³/mol. The van der Waals surface area contributed by atoms with Crippen molar-refractivity contribution < 1.29 is 10.2 Å². The van der Waals surface area contributed by atoms with Crippen molar-refractivity contribution >= 4 is 0 Å². The molecule has 0 unspecified atom stereocenters. The summed E-state index contributed by atoms with van der Waals surface area (Å²) in [5.41, 5.74) is -0.987. The summed E-state index contributed by atoms with van der Waals surface area (Å²) in [6.07, 6.45) is 6.96. The van der Waals surface area contributed by atoms with Gasteiger partial charge in [0.2, 0.25) is 0 Å². The lowest BCUT2D eigenvalue weighted by Crippen LogP contribution is -2.52. The first-order valence-corrected chi connectivity index (χ1v) is 5.07. The lowest BCUT2D eigenvalue weighted by atomic mass is 9.65. The molecule has 0 saturated heterocycles. The Morgan fingerprint density at radius 2 is 1.17 bits per heavy atom. The molecule has 0 heterocycles. The normalized spacial score (nSPS) is 38.5. The first-order chi connectivity index (χ1) is 5.62. The van der Waals surface area contributed by atoms with Crippen LogP contribution < -0.4 is 0 Å². The van der Waals surface area contributed by atoms with Crippen LogP contribution in [0.4, 0.5) is 0 Å². The molecular weight excluding hydrogens is 152 g/mol. The SMILES string of the molecule is OC1(C2(C3(O)CC3)CC2)CCC1. The highest BCUT2D eigenvalue weighted by Gasteiger charge is 2.74. The maximum Gasteiger partial charge on any atom is 0.0733 e. The number of hydrogen-bond acceptors (Lipinski definition) is 2. The number of hydrogen-bond donors (Lipinski definition) is 2. The van der Waals surface area contributed by atoms with Crippen molar-refractivity contribution in [3.05, 3.63) is 0 Å². The fourth-order valence-electron chi connectivity index (χ4n) is 3.08. The van der Waals surface area contributed by atoms with Crippen molar-refractivity contribution in [3.8, 4) is 0 Å². The van der Waals surface area contributed by atoms with Gasteiger partial charge in [0.25, 0.3) is 0 Å². The monoisotopic (exact) mass is 168 g/mol. The summed E-state index contributed by atoms with van der Waals surface area (Å²) in [4.78, 5) is 0. The molecule has 2 heteroatoms. The molecule has 68 valence electrons. The average molecular weight is 168 g/mol. The summed E-state index contributed by atoms with van der Waals surface area (Å²) in [6.45, 7) is 0. The van der Waals surface area contributed by atoms with E-state index >= 15 is 0 Å².